The third-order valence-electron chi connectivity index (χ3n) is 6.28. The Hall–Kier alpha value is -2.12. The third kappa shape index (κ3) is 3.94. The summed E-state index contributed by atoms with van der Waals surface area (Å²) in [6, 6.07) is -0.554. The van der Waals surface area contributed by atoms with Gasteiger partial charge in [0.2, 0.25) is 0 Å². The number of nitrogens with one attached hydrogen (secondary N) is 1. The molecular formula is C19H29N3O5. The molecule has 1 spiro atoms. The van der Waals surface area contributed by atoms with E-state index >= 15 is 0 Å². The Morgan fingerprint density at radius 1 is 1.15 bits per heavy atom. The van der Waals surface area contributed by atoms with E-state index in [1.807, 2.05) is 6.92 Å². The summed E-state index contributed by atoms with van der Waals surface area (Å²) in [6.07, 6.45) is 5.26. The van der Waals surface area contributed by atoms with Crippen molar-refractivity contribution < 1.29 is 23.9 Å². The van der Waals surface area contributed by atoms with E-state index in [9.17, 15) is 19.2 Å². The molecule has 0 aromatic carbocycles. The third-order valence-corrected chi connectivity index (χ3v) is 6.28. The van der Waals surface area contributed by atoms with Crippen LogP contribution in [-0.2, 0) is 19.1 Å². The number of nitrogens with zero attached hydrogens (tertiary/aromatic N) is 2. The van der Waals surface area contributed by atoms with Crippen molar-refractivity contribution in [2.45, 2.75) is 57.9 Å². The van der Waals surface area contributed by atoms with Crippen LogP contribution in [0.3, 0.4) is 0 Å². The molecule has 2 aliphatic heterocycles. The molecule has 0 bridgehead atoms. The monoisotopic (exact) mass is 379 g/mol. The first-order chi connectivity index (χ1) is 12.8. The van der Waals surface area contributed by atoms with E-state index in [2.05, 4.69) is 12.2 Å². The van der Waals surface area contributed by atoms with Gasteiger partial charge in [-0.3, -0.25) is 19.3 Å². The van der Waals surface area contributed by atoms with Crippen LogP contribution in [0.15, 0.2) is 0 Å². The molecule has 1 N–H and O–H groups in total. The highest BCUT2D eigenvalue weighted by Crippen LogP contribution is 2.38. The van der Waals surface area contributed by atoms with E-state index in [-0.39, 0.29) is 24.3 Å². The molecular weight excluding hydrogens is 350 g/mol. The fourth-order valence-corrected chi connectivity index (χ4v) is 4.31. The van der Waals surface area contributed by atoms with Crippen LogP contribution in [0, 0.1) is 11.8 Å². The van der Waals surface area contributed by atoms with Crippen molar-refractivity contribution in [2.24, 2.45) is 11.8 Å². The van der Waals surface area contributed by atoms with Crippen molar-refractivity contribution in [2.75, 3.05) is 26.2 Å². The summed E-state index contributed by atoms with van der Waals surface area (Å²) in [7, 11) is 0. The van der Waals surface area contributed by atoms with E-state index in [0.717, 1.165) is 37.0 Å². The molecule has 0 aromatic rings. The highest BCUT2D eigenvalue weighted by Gasteiger charge is 2.55. The number of ether oxygens (including phenoxy) is 1. The van der Waals surface area contributed by atoms with Crippen LogP contribution in [0.1, 0.15) is 52.4 Å². The van der Waals surface area contributed by atoms with Crippen LogP contribution in [-0.4, -0.2) is 65.4 Å². The van der Waals surface area contributed by atoms with Gasteiger partial charge < -0.3 is 15.0 Å². The average Bonchev–Trinajstić information content (AvgIpc) is 2.88. The molecule has 0 unspecified atom stereocenters. The smallest absolute Gasteiger partial charge is 0.326 e. The van der Waals surface area contributed by atoms with E-state index in [4.69, 9.17) is 4.74 Å². The van der Waals surface area contributed by atoms with Gasteiger partial charge in [0.15, 0.2) is 6.61 Å². The van der Waals surface area contributed by atoms with Gasteiger partial charge in [-0.25, -0.2) is 4.79 Å². The van der Waals surface area contributed by atoms with E-state index in [1.54, 1.807) is 4.90 Å². The van der Waals surface area contributed by atoms with Crippen molar-refractivity contribution >= 4 is 23.8 Å². The molecule has 8 nitrogen and oxygen atoms in total. The Balaban J connectivity index is 1.51. The maximum Gasteiger partial charge on any atom is 0.326 e. The lowest BCUT2D eigenvalue weighted by molar-refractivity contribution is -0.154. The lowest BCUT2D eigenvalue weighted by Gasteiger charge is -2.36. The van der Waals surface area contributed by atoms with Gasteiger partial charge in [0.05, 0.1) is 0 Å². The minimum atomic E-state index is -0.893. The maximum absolute atomic E-state index is 12.8. The minimum Gasteiger partial charge on any atom is -0.454 e. The van der Waals surface area contributed by atoms with Gasteiger partial charge in [-0.15, -0.1) is 0 Å². The molecule has 3 rings (SSSR count). The van der Waals surface area contributed by atoms with Gasteiger partial charge >= 0.3 is 12.0 Å². The molecule has 2 atom stereocenters. The molecule has 1 saturated carbocycles. The maximum atomic E-state index is 12.8. The second-order valence-corrected chi connectivity index (χ2v) is 8.16. The highest BCUT2D eigenvalue weighted by molar-refractivity contribution is 6.09. The normalized spacial score (nSPS) is 29.2. The Kier molecular flexibility index (Phi) is 5.72. The molecule has 4 amide bonds. The number of hydrogen-bond donors (Lipinski definition) is 1. The second kappa shape index (κ2) is 7.86. The summed E-state index contributed by atoms with van der Waals surface area (Å²) >= 11 is 0. The number of imide groups is 1. The van der Waals surface area contributed by atoms with Crippen LogP contribution >= 0.6 is 0 Å². The molecule has 2 saturated heterocycles. The second-order valence-electron chi connectivity index (χ2n) is 8.16. The number of carbonyl (C=O) groups is 4. The molecule has 3 fully saturated rings. The van der Waals surface area contributed by atoms with Gasteiger partial charge in [0.1, 0.15) is 12.1 Å². The number of likely N-dealkylation sites (tertiary alicyclic amines) is 1. The molecule has 1 aliphatic carbocycles. The number of urea groups is 1. The SMILES string of the molecule is CC1CCN(C(=O)COC(=O)CN2C(=O)N[C@]3(CCCC[C@@H]3C)C2=O)CC1. The largest absolute Gasteiger partial charge is 0.454 e. The molecule has 27 heavy (non-hydrogen) atoms. The van der Waals surface area contributed by atoms with Crippen LogP contribution < -0.4 is 5.32 Å². The van der Waals surface area contributed by atoms with Crippen molar-refractivity contribution in [3.63, 3.8) is 0 Å². The zero-order valence-electron chi connectivity index (χ0n) is 16.2. The fourth-order valence-electron chi connectivity index (χ4n) is 4.31. The summed E-state index contributed by atoms with van der Waals surface area (Å²) in [6.45, 7) is 4.65. The predicted molar refractivity (Wildman–Crippen MR) is 96.5 cm³/mol. The molecule has 2 heterocycles. The van der Waals surface area contributed by atoms with Crippen LogP contribution in [0.25, 0.3) is 0 Å². The minimum absolute atomic E-state index is 0.0341. The number of amides is 4. The Morgan fingerprint density at radius 3 is 2.52 bits per heavy atom. The van der Waals surface area contributed by atoms with E-state index in [0.29, 0.717) is 25.4 Å². The number of hydrogen-bond acceptors (Lipinski definition) is 5. The van der Waals surface area contributed by atoms with Crippen molar-refractivity contribution in [1.29, 1.82) is 0 Å². The fraction of sp³-hybridized carbons (Fsp3) is 0.789. The lowest BCUT2D eigenvalue weighted by atomic mass is 9.73. The van der Waals surface area contributed by atoms with Gasteiger partial charge in [-0.1, -0.05) is 26.7 Å². The van der Waals surface area contributed by atoms with Crippen LogP contribution in [0.5, 0.6) is 0 Å². The quantitative estimate of drug-likeness (QED) is 0.586. The predicted octanol–water partition coefficient (Wildman–Crippen LogP) is 1.29. The summed E-state index contributed by atoms with van der Waals surface area (Å²) in [4.78, 5) is 52.0. The zero-order chi connectivity index (χ0) is 19.6. The van der Waals surface area contributed by atoms with Crippen molar-refractivity contribution in [3.8, 4) is 0 Å². The van der Waals surface area contributed by atoms with Crippen molar-refractivity contribution in [3.05, 3.63) is 0 Å². The first-order valence-electron chi connectivity index (χ1n) is 9.91. The number of rotatable bonds is 4. The summed E-state index contributed by atoms with van der Waals surface area (Å²) in [5.41, 5.74) is -0.893. The van der Waals surface area contributed by atoms with Crippen molar-refractivity contribution in [1.82, 2.24) is 15.1 Å². The number of piperidine rings is 1. The molecule has 0 radical (unpaired) electrons. The van der Waals surface area contributed by atoms with Gasteiger partial charge in [-0.2, -0.15) is 0 Å². The standard InChI is InChI=1S/C19H29N3O5/c1-13-6-9-21(10-7-13)15(23)12-27-16(24)11-22-17(25)19(20-18(22)26)8-4-3-5-14(19)2/h13-14H,3-12H2,1-2H3,(H,20,26)/t14-,19-/m0/s1. The van der Waals surface area contributed by atoms with Crippen LogP contribution in [0.2, 0.25) is 0 Å². The number of carbonyl (C=O) groups excluding carboxylic acids is 4. The Labute approximate surface area is 159 Å². The highest BCUT2D eigenvalue weighted by atomic mass is 16.5. The van der Waals surface area contributed by atoms with Gasteiger partial charge in [0.25, 0.3) is 11.8 Å². The first-order valence-corrected chi connectivity index (χ1v) is 9.91. The zero-order valence-corrected chi connectivity index (χ0v) is 16.2. The van der Waals surface area contributed by atoms with Gasteiger partial charge in [-0.05, 0) is 37.5 Å². The topological polar surface area (TPSA) is 96.0 Å². The summed E-state index contributed by atoms with van der Waals surface area (Å²) in [5.74, 6) is -0.687. The van der Waals surface area contributed by atoms with E-state index < -0.39 is 24.1 Å². The Bertz CT molecular complexity index is 629. The lowest BCUT2D eigenvalue weighted by Crippen LogP contribution is -2.54. The summed E-state index contributed by atoms with van der Waals surface area (Å²) in [5, 5.41) is 2.80. The molecule has 150 valence electrons. The molecule has 3 aliphatic rings. The van der Waals surface area contributed by atoms with E-state index in [1.165, 1.54) is 0 Å². The first kappa shape index (κ1) is 19.6. The summed E-state index contributed by atoms with van der Waals surface area (Å²) < 4.78 is 5.04. The number of esters is 1. The molecule has 0 aromatic heterocycles. The van der Waals surface area contributed by atoms with Gasteiger partial charge in [0, 0.05) is 13.1 Å². The average molecular weight is 379 g/mol. The Morgan fingerprint density at radius 2 is 1.85 bits per heavy atom. The molecule has 8 heteroatoms. The van der Waals surface area contributed by atoms with Crippen LogP contribution in [0.4, 0.5) is 4.79 Å².